The maximum Gasteiger partial charge on any atom is 0.472 e. The van der Waals surface area contributed by atoms with Crippen molar-refractivity contribution >= 4 is 19.8 Å². The lowest BCUT2D eigenvalue weighted by Gasteiger charge is -2.21. The van der Waals surface area contributed by atoms with Gasteiger partial charge < -0.3 is 29.7 Å². The largest absolute Gasteiger partial charge is 0.472 e. The Morgan fingerprint density at radius 1 is 0.569 bits per heavy atom. The number of allylic oxidation sites excluding steroid dienone is 8. The van der Waals surface area contributed by atoms with Gasteiger partial charge in [0, 0.05) is 12.8 Å². The van der Waals surface area contributed by atoms with Crippen LogP contribution in [0.5, 0.6) is 0 Å². The normalized spacial score (nSPS) is 15.2. The van der Waals surface area contributed by atoms with Crippen molar-refractivity contribution < 1.29 is 52.9 Å². The molecule has 0 saturated heterocycles. The molecule has 296 valence electrons. The molecule has 0 bridgehead atoms. The molecule has 0 spiro atoms. The molecule has 0 radical (unpaired) electrons. The van der Waals surface area contributed by atoms with Gasteiger partial charge in [0.15, 0.2) is 6.10 Å². The first-order valence-electron chi connectivity index (χ1n) is 19.2. The van der Waals surface area contributed by atoms with Crippen LogP contribution in [0.15, 0.2) is 48.6 Å². The molecule has 0 amide bonds. The van der Waals surface area contributed by atoms with E-state index in [1.165, 1.54) is 25.7 Å². The highest BCUT2D eigenvalue weighted by molar-refractivity contribution is 7.47. The predicted molar refractivity (Wildman–Crippen MR) is 202 cm³/mol. The smallest absolute Gasteiger partial charge is 0.462 e. The zero-order valence-corrected chi connectivity index (χ0v) is 32.3. The molecule has 4 N–H and O–H groups in total. The van der Waals surface area contributed by atoms with Crippen molar-refractivity contribution in [3.63, 3.8) is 0 Å². The first-order valence-corrected chi connectivity index (χ1v) is 20.7. The average Bonchev–Trinajstić information content (AvgIpc) is 3.11. The van der Waals surface area contributed by atoms with Gasteiger partial charge in [0.2, 0.25) is 0 Å². The molecule has 4 atom stereocenters. The molecule has 0 aromatic heterocycles. The molecule has 0 aliphatic carbocycles. The molecule has 0 aromatic carbocycles. The molecule has 0 aliphatic heterocycles. The predicted octanol–water partition coefficient (Wildman–Crippen LogP) is 8.36. The fourth-order valence-corrected chi connectivity index (χ4v) is 5.37. The number of aliphatic hydroxyl groups is 3. The molecule has 0 saturated carbocycles. The molecule has 0 aliphatic rings. The summed E-state index contributed by atoms with van der Waals surface area (Å²) in [6.45, 7) is 1.82. The zero-order valence-electron chi connectivity index (χ0n) is 31.4. The number of carbonyl (C=O) groups excluding carboxylic acids is 2. The molecule has 0 rings (SSSR count). The summed E-state index contributed by atoms with van der Waals surface area (Å²) in [7, 11) is -4.74. The summed E-state index contributed by atoms with van der Waals surface area (Å²) < 4.78 is 32.6. The van der Waals surface area contributed by atoms with Gasteiger partial charge >= 0.3 is 19.8 Å². The van der Waals surface area contributed by atoms with E-state index in [4.69, 9.17) is 19.1 Å². The van der Waals surface area contributed by atoms with Gasteiger partial charge in [0.1, 0.15) is 18.8 Å². The van der Waals surface area contributed by atoms with Gasteiger partial charge in [0.05, 0.1) is 19.8 Å². The van der Waals surface area contributed by atoms with Crippen LogP contribution in [0.4, 0.5) is 0 Å². The van der Waals surface area contributed by atoms with Crippen LogP contribution in [0.2, 0.25) is 0 Å². The highest BCUT2D eigenvalue weighted by Crippen LogP contribution is 2.43. The van der Waals surface area contributed by atoms with Gasteiger partial charge in [-0.3, -0.25) is 18.6 Å². The average molecular weight is 745 g/mol. The van der Waals surface area contributed by atoms with Crippen LogP contribution in [-0.2, 0) is 32.7 Å². The Hall–Kier alpha value is -2.11. The molecule has 1 unspecified atom stereocenters. The number of unbranched alkanes of at least 4 members (excludes halogenated alkanes) is 12. The fraction of sp³-hybridized carbons (Fsp3) is 0.744. The maximum absolute atomic E-state index is 12.5. The lowest BCUT2D eigenvalue weighted by molar-refractivity contribution is -0.161. The molecular weight excluding hydrogens is 675 g/mol. The van der Waals surface area contributed by atoms with E-state index in [0.29, 0.717) is 19.3 Å². The van der Waals surface area contributed by atoms with Crippen molar-refractivity contribution in [2.24, 2.45) is 0 Å². The fourth-order valence-electron chi connectivity index (χ4n) is 4.60. The third-order valence-corrected chi connectivity index (χ3v) is 8.74. The lowest BCUT2D eigenvalue weighted by Crippen LogP contribution is -2.33. The van der Waals surface area contributed by atoms with E-state index in [2.05, 4.69) is 60.9 Å². The quantitative estimate of drug-likeness (QED) is 0.0213. The van der Waals surface area contributed by atoms with Crippen molar-refractivity contribution in [2.45, 2.75) is 161 Å². The van der Waals surface area contributed by atoms with Crippen molar-refractivity contribution in [3.8, 4) is 0 Å². The van der Waals surface area contributed by atoms with E-state index in [1.807, 2.05) is 6.08 Å². The van der Waals surface area contributed by atoms with E-state index in [0.717, 1.165) is 70.6 Å². The summed E-state index contributed by atoms with van der Waals surface area (Å²) in [6, 6.07) is 0. The highest BCUT2D eigenvalue weighted by Gasteiger charge is 2.28. The van der Waals surface area contributed by atoms with Crippen LogP contribution >= 0.6 is 7.82 Å². The second-order valence-corrected chi connectivity index (χ2v) is 14.1. The van der Waals surface area contributed by atoms with Gasteiger partial charge in [-0.1, -0.05) is 88.1 Å². The summed E-state index contributed by atoms with van der Waals surface area (Å²) in [5, 5.41) is 28.0. The van der Waals surface area contributed by atoms with Crippen LogP contribution in [0.3, 0.4) is 0 Å². The molecule has 51 heavy (non-hydrogen) atoms. The molecular formula is C39H69O11P. The lowest BCUT2D eigenvalue weighted by atomic mass is 10.1. The Kier molecular flexibility index (Phi) is 33.5. The van der Waals surface area contributed by atoms with Crippen LogP contribution in [-0.4, -0.2) is 76.9 Å². The number of aliphatic hydroxyl groups excluding tert-OH is 3. The Morgan fingerprint density at radius 2 is 0.961 bits per heavy atom. The number of hydrogen-bond donors (Lipinski definition) is 4. The number of ether oxygens (including phenoxy) is 2. The third-order valence-electron chi connectivity index (χ3n) is 7.79. The van der Waals surface area contributed by atoms with Gasteiger partial charge in [-0.25, -0.2) is 4.57 Å². The van der Waals surface area contributed by atoms with E-state index in [9.17, 15) is 29.3 Å². The number of phosphoric acid groups is 1. The molecule has 0 heterocycles. The minimum Gasteiger partial charge on any atom is -0.462 e. The monoisotopic (exact) mass is 744 g/mol. The number of rotatable bonds is 35. The van der Waals surface area contributed by atoms with Gasteiger partial charge in [-0.15, -0.1) is 0 Å². The van der Waals surface area contributed by atoms with Gasteiger partial charge in [-0.2, -0.15) is 0 Å². The van der Waals surface area contributed by atoms with Crippen molar-refractivity contribution in [2.75, 3.05) is 26.4 Å². The SMILES string of the molecule is CCCCC=CCCCCC=CCCCC(=O)OC[C@H](COP(=O)(O)OC[C@@H](O)[C@H](O)CO)OC(=O)CCCC=CCCCCC=CCCCC. The number of phosphoric ester groups is 1. The van der Waals surface area contributed by atoms with Gasteiger partial charge in [0.25, 0.3) is 0 Å². The Balaban J connectivity index is 4.62. The van der Waals surface area contributed by atoms with Gasteiger partial charge in [-0.05, 0) is 89.9 Å². The Labute approximate surface area is 307 Å². The summed E-state index contributed by atoms with van der Waals surface area (Å²) >= 11 is 0. The Morgan fingerprint density at radius 3 is 1.39 bits per heavy atom. The molecule has 12 heteroatoms. The number of hydrogen-bond acceptors (Lipinski definition) is 10. The van der Waals surface area contributed by atoms with E-state index >= 15 is 0 Å². The zero-order chi connectivity index (χ0) is 37.8. The maximum atomic E-state index is 12.5. The summed E-state index contributed by atoms with van der Waals surface area (Å²) in [5.41, 5.74) is 0. The highest BCUT2D eigenvalue weighted by atomic mass is 31.2. The minimum atomic E-state index is -4.74. The van der Waals surface area contributed by atoms with Crippen LogP contribution in [0.1, 0.15) is 142 Å². The van der Waals surface area contributed by atoms with Crippen molar-refractivity contribution in [1.82, 2.24) is 0 Å². The second-order valence-electron chi connectivity index (χ2n) is 12.7. The summed E-state index contributed by atoms with van der Waals surface area (Å²) in [4.78, 5) is 34.9. The van der Waals surface area contributed by atoms with Crippen molar-refractivity contribution in [1.29, 1.82) is 0 Å². The summed E-state index contributed by atoms with van der Waals surface area (Å²) in [6.07, 6.45) is 31.6. The minimum absolute atomic E-state index is 0.0951. The molecule has 11 nitrogen and oxygen atoms in total. The van der Waals surface area contributed by atoms with E-state index in [-0.39, 0.29) is 19.4 Å². The summed E-state index contributed by atoms with van der Waals surface area (Å²) in [5.74, 6) is -1.07. The van der Waals surface area contributed by atoms with Crippen LogP contribution < -0.4 is 0 Å². The standard InChI is InChI=1S/C39H69O11P/c1-3-5-7-9-11-13-15-17-19-21-23-25-27-29-38(43)47-32-35(33-48-51(45,46)49-34-37(42)36(41)31-40)50-39(44)30-28-26-24-22-20-18-16-14-12-10-8-6-4-2/h9-12,21-24,35-37,40-42H,3-8,13-20,25-34H2,1-2H3,(H,45,46)/t35-,36-,37-/m1/s1. The molecule has 0 fully saturated rings. The number of carbonyl (C=O) groups is 2. The van der Waals surface area contributed by atoms with E-state index < -0.39 is 57.9 Å². The third kappa shape index (κ3) is 33.5. The van der Waals surface area contributed by atoms with Crippen molar-refractivity contribution in [3.05, 3.63) is 48.6 Å². The van der Waals surface area contributed by atoms with Crippen LogP contribution in [0.25, 0.3) is 0 Å². The number of esters is 2. The van der Waals surface area contributed by atoms with Crippen LogP contribution in [0, 0.1) is 0 Å². The first kappa shape index (κ1) is 48.9. The Bertz CT molecular complexity index is 1010. The molecule has 0 aromatic rings. The van der Waals surface area contributed by atoms with E-state index in [1.54, 1.807) is 0 Å². The second kappa shape index (κ2) is 34.9. The topological polar surface area (TPSA) is 169 Å². The first-order chi connectivity index (χ1) is 24.6.